The third kappa shape index (κ3) is 4.03. The van der Waals surface area contributed by atoms with E-state index in [9.17, 15) is 13.6 Å². The largest absolute Gasteiger partial charge is 0.481 e. The lowest BCUT2D eigenvalue weighted by Gasteiger charge is -2.23. The highest BCUT2D eigenvalue weighted by atomic mass is 19.2. The second-order valence-electron chi connectivity index (χ2n) is 6.40. The lowest BCUT2D eigenvalue weighted by molar-refractivity contribution is 0.0723. The quantitative estimate of drug-likeness (QED) is 0.734. The summed E-state index contributed by atoms with van der Waals surface area (Å²) < 4.78 is 37.2. The SMILES string of the molecule is CCCC[C@H]1CCCN1C(=O)c1coc(COc2cccc(F)c2F)n1. The number of hydrogen-bond donors (Lipinski definition) is 0. The molecule has 26 heavy (non-hydrogen) atoms. The Morgan fingerprint density at radius 3 is 3.08 bits per heavy atom. The Balaban J connectivity index is 1.62. The minimum Gasteiger partial charge on any atom is -0.481 e. The van der Waals surface area contributed by atoms with Crippen molar-refractivity contribution >= 4 is 5.91 Å². The van der Waals surface area contributed by atoms with E-state index in [1.54, 1.807) is 0 Å². The molecule has 0 spiro atoms. The van der Waals surface area contributed by atoms with Gasteiger partial charge in [-0.1, -0.05) is 25.8 Å². The third-order valence-electron chi connectivity index (χ3n) is 4.57. The molecule has 3 rings (SSSR count). The molecule has 1 aromatic heterocycles. The van der Waals surface area contributed by atoms with Crippen molar-refractivity contribution in [2.75, 3.05) is 6.54 Å². The van der Waals surface area contributed by atoms with Crippen LogP contribution in [-0.2, 0) is 6.61 Å². The molecule has 0 aliphatic carbocycles. The van der Waals surface area contributed by atoms with Crippen molar-refractivity contribution in [1.82, 2.24) is 9.88 Å². The molecular weight excluding hydrogens is 342 g/mol. The molecule has 5 nitrogen and oxygen atoms in total. The lowest BCUT2D eigenvalue weighted by atomic mass is 10.1. The molecule has 0 bridgehead atoms. The standard InChI is InChI=1S/C19H22F2N2O3/c1-2-3-6-13-7-5-10-23(13)19(24)15-11-26-17(22-15)12-25-16-9-4-8-14(20)18(16)21/h4,8-9,11,13H,2-3,5-7,10,12H2,1H3/t13-/m0/s1. The number of rotatable bonds is 7. The van der Waals surface area contributed by atoms with Gasteiger partial charge in [0, 0.05) is 12.6 Å². The van der Waals surface area contributed by atoms with Crippen LogP contribution in [0, 0.1) is 11.6 Å². The number of hydrogen-bond acceptors (Lipinski definition) is 4. The van der Waals surface area contributed by atoms with E-state index < -0.39 is 11.6 Å². The first kappa shape index (κ1) is 18.4. The van der Waals surface area contributed by atoms with E-state index in [4.69, 9.17) is 9.15 Å². The molecule has 0 N–H and O–H groups in total. The van der Waals surface area contributed by atoms with Gasteiger partial charge in [0.15, 0.2) is 23.9 Å². The summed E-state index contributed by atoms with van der Waals surface area (Å²) in [7, 11) is 0. The van der Waals surface area contributed by atoms with Crippen molar-refractivity contribution in [3.05, 3.63) is 47.7 Å². The molecule has 140 valence electrons. The Hall–Kier alpha value is -2.44. The highest BCUT2D eigenvalue weighted by molar-refractivity contribution is 5.92. The maximum atomic E-state index is 13.6. The fraction of sp³-hybridized carbons (Fsp3) is 0.474. The number of carbonyl (C=O) groups is 1. The molecule has 0 radical (unpaired) electrons. The third-order valence-corrected chi connectivity index (χ3v) is 4.57. The predicted molar refractivity (Wildman–Crippen MR) is 90.8 cm³/mol. The first-order chi connectivity index (χ1) is 12.6. The van der Waals surface area contributed by atoms with Crippen molar-refractivity contribution in [3.8, 4) is 5.75 Å². The fourth-order valence-electron chi connectivity index (χ4n) is 3.20. The topological polar surface area (TPSA) is 55.6 Å². The monoisotopic (exact) mass is 364 g/mol. The number of amides is 1. The van der Waals surface area contributed by atoms with Crippen molar-refractivity contribution in [2.45, 2.75) is 51.7 Å². The van der Waals surface area contributed by atoms with Crippen molar-refractivity contribution in [1.29, 1.82) is 0 Å². The highest BCUT2D eigenvalue weighted by Gasteiger charge is 2.30. The number of unbranched alkanes of at least 4 members (excludes halogenated alkanes) is 1. The number of oxazole rings is 1. The average Bonchev–Trinajstić information content (AvgIpc) is 3.30. The minimum atomic E-state index is -1.06. The van der Waals surface area contributed by atoms with E-state index in [0.29, 0.717) is 0 Å². The zero-order valence-corrected chi connectivity index (χ0v) is 14.7. The van der Waals surface area contributed by atoms with Crippen LogP contribution in [0.4, 0.5) is 8.78 Å². The average molecular weight is 364 g/mol. The number of ether oxygens (including phenoxy) is 1. The minimum absolute atomic E-state index is 0.140. The molecule has 2 heterocycles. The van der Waals surface area contributed by atoms with Gasteiger partial charge in [0.1, 0.15) is 6.26 Å². The lowest BCUT2D eigenvalue weighted by Crippen LogP contribution is -2.35. The summed E-state index contributed by atoms with van der Waals surface area (Å²) in [6, 6.07) is 3.92. The van der Waals surface area contributed by atoms with Gasteiger partial charge in [-0.05, 0) is 31.4 Å². The van der Waals surface area contributed by atoms with Crippen LogP contribution < -0.4 is 4.74 Å². The molecule has 1 aliphatic heterocycles. The van der Waals surface area contributed by atoms with Crippen LogP contribution >= 0.6 is 0 Å². The highest BCUT2D eigenvalue weighted by Crippen LogP contribution is 2.24. The van der Waals surface area contributed by atoms with Crippen LogP contribution in [0.15, 0.2) is 28.9 Å². The molecule has 1 aliphatic rings. The van der Waals surface area contributed by atoms with E-state index in [0.717, 1.165) is 44.7 Å². The normalized spacial score (nSPS) is 16.9. The molecular formula is C19H22F2N2O3. The van der Waals surface area contributed by atoms with Crippen molar-refractivity contribution in [3.63, 3.8) is 0 Å². The summed E-state index contributed by atoms with van der Waals surface area (Å²) >= 11 is 0. The van der Waals surface area contributed by atoms with Crippen LogP contribution in [0.2, 0.25) is 0 Å². The first-order valence-electron chi connectivity index (χ1n) is 8.92. The summed E-state index contributed by atoms with van der Waals surface area (Å²) in [6.45, 7) is 2.67. The smallest absolute Gasteiger partial charge is 0.276 e. The van der Waals surface area contributed by atoms with E-state index >= 15 is 0 Å². The summed E-state index contributed by atoms with van der Waals surface area (Å²) in [4.78, 5) is 18.6. The molecule has 1 saturated heterocycles. The number of halogens is 2. The van der Waals surface area contributed by atoms with Gasteiger partial charge in [-0.25, -0.2) is 9.37 Å². The summed E-state index contributed by atoms with van der Waals surface area (Å²) in [5, 5.41) is 0. The van der Waals surface area contributed by atoms with Crippen LogP contribution in [0.25, 0.3) is 0 Å². The molecule has 1 atom stereocenters. The summed E-state index contributed by atoms with van der Waals surface area (Å²) in [5.41, 5.74) is 0.215. The van der Waals surface area contributed by atoms with Crippen LogP contribution in [0.1, 0.15) is 55.4 Å². The van der Waals surface area contributed by atoms with Gasteiger partial charge in [-0.2, -0.15) is 4.39 Å². The second kappa shape index (κ2) is 8.29. The van der Waals surface area contributed by atoms with Gasteiger partial charge in [-0.15, -0.1) is 0 Å². The van der Waals surface area contributed by atoms with E-state index in [1.807, 2.05) is 4.90 Å². The van der Waals surface area contributed by atoms with Gasteiger partial charge in [0.05, 0.1) is 0 Å². The van der Waals surface area contributed by atoms with Gasteiger partial charge in [-0.3, -0.25) is 4.79 Å². The van der Waals surface area contributed by atoms with E-state index in [2.05, 4.69) is 11.9 Å². The Labute approximate surface area is 151 Å². The first-order valence-corrected chi connectivity index (χ1v) is 8.92. The zero-order chi connectivity index (χ0) is 18.5. The fourth-order valence-corrected chi connectivity index (χ4v) is 3.20. The molecule has 0 unspecified atom stereocenters. The van der Waals surface area contributed by atoms with Gasteiger partial charge in [0.2, 0.25) is 11.7 Å². The Kier molecular flexibility index (Phi) is 5.85. The number of carbonyl (C=O) groups excluding carboxylic acids is 1. The Morgan fingerprint density at radius 1 is 1.42 bits per heavy atom. The Bertz CT molecular complexity index is 763. The molecule has 1 amide bonds. The molecule has 1 aromatic carbocycles. The van der Waals surface area contributed by atoms with Gasteiger partial charge >= 0.3 is 0 Å². The van der Waals surface area contributed by atoms with Crippen LogP contribution in [-0.4, -0.2) is 28.4 Å². The van der Waals surface area contributed by atoms with Gasteiger partial charge in [0.25, 0.3) is 5.91 Å². The molecule has 7 heteroatoms. The van der Waals surface area contributed by atoms with E-state index in [1.165, 1.54) is 18.4 Å². The van der Waals surface area contributed by atoms with Gasteiger partial charge < -0.3 is 14.1 Å². The number of likely N-dealkylation sites (tertiary alicyclic amines) is 1. The molecule has 0 saturated carbocycles. The maximum absolute atomic E-state index is 13.6. The van der Waals surface area contributed by atoms with E-state index in [-0.39, 0.29) is 35.9 Å². The van der Waals surface area contributed by atoms with Crippen molar-refractivity contribution < 1.29 is 22.7 Å². The molecule has 2 aromatic rings. The Morgan fingerprint density at radius 2 is 2.27 bits per heavy atom. The number of benzene rings is 1. The second-order valence-corrected chi connectivity index (χ2v) is 6.40. The van der Waals surface area contributed by atoms with Crippen LogP contribution in [0.3, 0.4) is 0 Å². The summed E-state index contributed by atoms with van der Waals surface area (Å²) in [6.07, 6.45) is 6.48. The molecule has 1 fully saturated rings. The van der Waals surface area contributed by atoms with Crippen molar-refractivity contribution in [2.24, 2.45) is 0 Å². The number of aromatic nitrogens is 1. The zero-order valence-electron chi connectivity index (χ0n) is 14.7. The number of nitrogens with zero attached hydrogens (tertiary/aromatic N) is 2. The maximum Gasteiger partial charge on any atom is 0.276 e. The van der Waals surface area contributed by atoms with Crippen LogP contribution in [0.5, 0.6) is 5.75 Å². The summed E-state index contributed by atoms with van der Waals surface area (Å²) in [5.74, 6) is -2.30. The predicted octanol–water partition coefficient (Wildman–Crippen LogP) is 4.33.